The van der Waals surface area contributed by atoms with Crippen LogP contribution in [0.2, 0.25) is 0 Å². The Hall–Kier alpha value is -2.09. The van der Waals surface area contributed by atoms with Crippen molar-refractivity contribution in [1.29, 1.82) is 0 Å². The van der Waals surface area contributed by atoms with Crippen molar-refractivity contribution in [3.8, 4) is 0 Å². The quantitative estimate of drug-likeness (QED) is 0.811. The summed E-state index contributed by atoms with van der Waals surface area (Å²) in [5, 5.41) is 9.56. The van der Waals surface area contributed by atoms with E-state index in [2.05, 4.69) is 0 Å². The predicted molar refractivity (Wildman–Crippen MR) is 92.2 cm³/mol. The number of halogens is 3. The summed E-state index contributed by atoms with van der Waals surface area (Å²) < 4.78 is 44.6. The maximum atomic E-state index is 13.2. The van der Waals surface area contributed by atoms with Crippen molar-refractivity contribution < 1.29 is 32.6 Å². The van der Waals surface area contributed by atoms with Crippen LogP contribution in [0, 0.1) is 5.41 Å². The number of hydrogen-bond acceptors (Lipinski definition) is 3. The fourth-order valence-electron chi connectivity index (χ4n) is 3.66. The highest BCUT2D eigenvalue weighted by molar-refractivity contribution is 5.80. The fraction of sp³-hybridized carbons (Fsp3) is 0.579. The topological polar surface area (TPSA) is 66.8 Å². The van der Waals surface area contributed by atoms with Crippen LogP contribution in [-0.4, -0.2) is 48.7 Å². The van der Waals surface area contributed by atoms with E-state index in [1.54, 1.807) is 6.92 Å². The second kappa shape index (κ2) is 8.29. The van der Waals surface area contributed by atoms with Gasteiger partial charge in [-0.05, 0) is 30.4 Å². The zero-order valence-corrected chi connectivity index (χ0v) is 15.4. The molecule has 0 spiro atoms. The normalized spacial score (nSPS) is 21.7. The van der Waals surface area contributed by atoms with E-state index in [0.29, 0.717) is 19.4 Å². The number of nitrogens with zero attached hydrogens (tertiary/aromatic N) is 1. The largest absolute Gasteiger partial charge is 0.481 e. The van der Waals surface area contributed by atoms with Gasteiger partial charge < -0.3 is 14.7 Å². The highest BCUT2D eigenvalue weighted by Crippen LogP contribution is 2.37. The Bertz CT molecular complexity index is 688. The third-order valence-corrected chi connectivity index (χ3v) is 5.08. The fourth-order valence-corrected chi connectivity index (χ4v) is 3.66. The van der Waals surface area contributed by atoms with Gasteiger partial charge in [-0.2, -0.15) is 13.2 Å². The lowest BCUT2D eigenvalue weighted by atomic mass is 9.80. The number of methoxy groups -OCH3 is 1. The van der Waals surface area contributed by atoms with Gasteiger partial charge in [0, 0.05) is 26.6 Å². The van der Waals surface area contributed by atoms with Gasteiger partial charge in [-0.15, -0.1) is 0 Å². The van der Waals surface area contributed by atoms with Crippen molar-refractivity contribution >= 4 is 11.9 Å². The first-order chi connectivity index (χ1) is 12.6. The molecule has 0 bridgehead atoms. The van der Waals surface area contributed by atoms with Crippen molar-refractivity contribution in [2.24, 2.45) is 5.41 Å². The van der Waals surface area contributed by atoms with E-state index < -0.39 is 29.0 Å². The highest BCUT2D eigenvalue weighted by Gasteiger charge is 2.44. The van der Waals surface area contributed by atoms with Crippen molar-refractivity contribution in [3.63, 3.8) is 0 Å². The number of likely N-dealkylation sites (tertiary alicyclic amines) is 1. The van der Waals surface area contributed by atoms with Crippen LogP contribution in [0.25, 0.3) is 0 Å². The number of benzene rings is 1. The number of alkyl halides is 3. The molecule has 1 fully saturated rings. The van der Waals surface area contributed by atoms with Gasteiger partial charge >= 0.3 is 12.1 Å². The lowest BCUT2D eigenvalue weighted by Crippen LogP contribution is -2.52. The summed E-state index contributed by atoms with van der Waals surface area (Å²) in [5.74, 6) is -2.02. The molecule has 1 amide bonds. The Labute approximate surface area is 156 Å². The summed E-state index contributed by atoms with van der Waals surface area (Å²) in [6.45, 7) is 1.96. The maximum absolute atomic E-state index is 13.2. The van der Waals surface area contributed by atoms with Crippen LogP contribution in [0.1, 0.15) is 43.2 Å². The van der Waals surface area contributed by atoms with Crippen LogP contribution in [0.15, 0.2) is 24.3 Å². The molecule has 1 aromatic rings. The maximum Gasteiger partial charge on any atom is 0.416 e. The number of rotatable bonds is 6. The molecule has 1 saturated heterocycles. The van der Waals surface area contributed by atoms with Crippen molar-refractivity contribution in [1.82, 2.24) is 4.90 Å². The van der Waals surface area contributed by atoms with E-state index in [-0.39, 0.29) is 31.0 Å². The molecular formula is C19H24F3NO4. The molecule has 1 heterocycles. The van der Waals surface area contributed by atoms with E-state index in [9.17, 15) is 27.9 Å². The van der Waals surface area contributed by atoms with E-state index >= 15 is 0 Å². The molecule has 1 aromatic carbocycles. The minimum absolute atomic E-state index is 0.00262. The zero-order valence-electron chi connectivity index (χ0n) is 15.4. The first-order valence-corrected chi connectivity index (χ1v) is 8.77. The Morgan fingerprint density at radius 3 is 2.59 bits per heavy atom. The van der Waals surface area contributed by atoms with Crippen LogP contribution in [0.4, 0.5) is 13.2 Å². The summed E-state index contributed by atoms with van der Waals surface area (Å²) in [4.78, 5) is 25.8. The molecule has 1 aliphatic heterocycles. The monoisotopic (exact) mass is 387 g/mol. The molecule has 0 aromatic heterocycles. The lowest BCUT2D eigenvalue weighted by molar-refractivity contribution is -0.159. The Balaban J connectivity index is 2.14. The van der Waals surface area contributed by atoms with Crippen LogP contribution >= 0.6 is 0 Å². The summed E-state index contributed by atoms with van der Waals surface area (Å²) in [6, 6.07) is 5.21. The number of amides is 1. The number of carboxylic acid groups (broad SMARTS) is 1. The molecule has 2 unspecified atom stereocenters. The van der Waals surface area contributed by atoms with E-state index in [1.165, 1.54) is 30.2 Å². The van der Waals surface area contributed by atoms with Crippen LogP contribution in [0.5, 0.6) is 0 Å². The third kappa shape index (κ3) is 4.80. The van der Waals surface area contributed by atoms with E-state index in [0.717, 1.165) is 6.07 Å². The molecule has 2 rings (SSSR count). The van der Waals surface area contributed by atoms with Gasteiger partial charge in [-0.25, -0.2) is 0 Å². The summed E-state index contributed by atoms with van der Waals surface area (Å²) in [7, 11) is 1.40. The number of carbonyl (C=O) groups is 2. The number of piperidine rings is 1. The number of carboxylic acids is 1. The van der Waals surface area contributed by atoms with Gasteiger partial charge in [0.05, 0.1) is 12.2 Å². The first kappa shape index (κ1) is 21.2. The second-order valence-corrected chi connectivity index (χ2v) is 7.13. The minimum atomic E-state index is -4.49. The Morgan fingerprint density at radius 1 is 1.33 bits per heavy atom. The SMILES string of the molecule is COCC1(C(=O)O)CCCN(C(=O)CC(C)c2ccccc2C(F)(F)F)C1. The smallest absolute Gasteiger partial charge is 0.416 e. The standard InChI is InChI=1S/C19H24F3NO4/c1-13(14-6-3-4-7-15(14)19(20,21)22)10-16(24)23-9-5-8-18(11-23,12-27-2)17(25)26/h3-4,6-7,13H,5,8-12H2,1-2H3,(H,25,26). The number of aliphatic carboxylic acids is 1. The van der Waals surface area contributed by atoms with Gasteiger partial charge in [0.25, 0.3) is 0 Å². The lowest BCUT2D eigenvalue weighted by Gasteiger charge is -2.39. The number of carbonyl (C=O) groups excluding carboxylic acids is 1. The van der Waals surface area contributed by atoms with Gasteiger partial charge in [-0.1, -0.05) is 25.1 Å². The Morgan fingerprint density at radius 2 is 2.00 bits per heavy atom. The first-order valence-electron chi connectivity index (χ1n) is 8.77. The summed E-state index contributed by atoms with van der Waals surface area (Å²) in [5.41, 5.74) is -1.85. The third-order valence-electron chi connectivity index (χ3n) is 5.08. The predicted octanol–water partition coefficient (Wildman–Crippen LogP) is 3.54. The van der Waals surface area contributed by atoms with Gasteiger partial charge in [0.1, 0.15) is 5.41 Å². The second-order valence-electron chi connectivity index (χ2n) is 7.13. The number of hydrogen-bond donors (Lipinski definition) is 1. The molecular weight excluding hydrogens is 363 g/mol. The molecule has 0 radical (unpaired) electrons. The zero-order chi connectivity index (χ0) is 20.2. The minimum Gasteiger partial charge on any atom is -0.481 e. The summed E-state index contributed by atoms with van der Waals surface area (Å²) >= 11 is 0. The average molecular weight is 387 g/mol. The molecule has 1 N–H and O–H groups in total. The average Bonchev–Trinajstić information content (AvgIpc) is 2.61. The molecule has 150 valence electrons. The molecule has 1 aliphatic rings. The van der Waals surface area contributed by atoms with Crippen molar-refractivity contribution in [3.05, 3.63) is 35.4 Å². The van der Waals surface area contributed by atoms with Gasteiger partial charge in [-0.3, -0.25) is 9.59 Å². The molecule has 0 aliphatic carbocycles. The number of ether oxygens (including phenoxy) is 1. The molecule has 5 nitrogen and oxygen atoms in total. The molecule has 2 atom stereocenters. The van der Waals surface area contributed by atoms with Crippen molar-refractivity contribution in [2.75, 3.05) is 26.8 Å². The van der Waals surface area contributed by atoms with Crippen LogP contribution in [0.3, 0.4) is 0 Å². The molecule has 0 saturated carbocycles. The highest BCUT2D eigenvalue weighted by atomic mass is 19.4. The molecule has 8 heteroatoms. The van der Waals surface area contributed by atoms with E-state index in [1.807, 2.05) is 0 Å². The van der Waals surface area contributed by atoms with Gasteiger partial charge in [0.15, 0.2) is 0 Å². The van der Waals surface area contributed by atoms with Gasteiger partial charge in [0.2, 0.25) is 5.91 Å². The Kier molecular flexibility index (Phi) is 6.51. The summed E-state index contributed by atoms with van der Waals surface area (Å²) in [6.07, 6.45) is -3.70. The van der Waals surface area contributed by atoms with Crippen LogP contribution < -0.4 is 0 Å². The van der Waals surface area contributed by atoms with Crippen molar-refractivity contribution in [2.45, 2.75) is 38.3 Å². The molecule has 27 heavy (non-hydrogen) atoms. The van der Waals surface area contributed by atoms with E-state index in [4.69, 9.17) is 4.74 Å². The van der Waals surface area contributed by atoms with Crippen LogP contribution in [-0.2, 0) is 20.5 Å².